The third-order valence-electron chi connectivity index (χ3n) is 2.92. The van der Waals surface area contributed by atoms with Crippen molar-refractivity contribution in [2.75, 3.05) is 6.54 Å². The first-order valence-electron chi connectivity index (χ1n) is 6.44. The molecule has 0 aliphatic rings. The first-order valence-corrected chi connectivity index (χ1v) is 6.88. The van der Waals surface area contributed by atoms with E-state index in [0.717, 1.165) is 0 Å². The largest absolute Gasteiger partial charge is 0.355 e. The van der Waals surface area contributed by atoms with Crippen molar-refractivity contribution in [2.45, 2.75) is 25.8 Å². The molecule has 0 aliphatic heterocycles. The Hall–Kier alpha value is -1.88. The molecule has 0 saturated carbocycles. The number of rotatable bonds is 4. The molecule has 6 heteroatoms. The van der Waals surface area contributed by atoms with E-state index >= 15 is 0 Å². The Balaban J connectivity index is 2.61. The van der Waals surface area contributed by atoms with Gasteiger partial charge in [0.15, 0.2) is 0 Å². The van der Waals surface area contributed by atoms with Crippen molar-refractivity contribution < 1.29 is 4.79 Å². The number of para-hydroxylation sites is 1. The van der Waals surface area contributed by atoms with E-state index in [2.05, 4.69) is 10.3 Å². The van der Waals surface area contributed by atoms with Crippen LogP contribution in [0.5, 0.6) is 0 Å². The number of fused-ring (bicyclic) bond motifs is 1. The summed E-state index contributed by atoms with van der Waals surface area (Å²) in [6.45, 7) is 3.99. The third-order valence-corrected chi connectivity index (χ3v) is 3.12. The molecule has 1 aromatic carbocycles. The highest BCUT2D eigenvalue weighted by Gasteiger charge is 2.16. The van der Waals surface area contributed by atoms with Crippen LogP contribution in [0.1, 0.15) is 25.0 Å². The van der Waals surface area contributed by atoms with Crippen molar-refractivity contribution in [2.24, 2.45) is 0 Å². The second-order valence-corrected chi connectivity index (χ2v) is 5.10. The highest BCUT2D eigenvalue weighted by molar-refractivity contribution is 6.20. The van der Waals surface area contributed by atoms with Crippen molar-refractivity contribution in [3.8, 4) is 0 Å². The Kier molecular flexibility index (Phi) is 4.39. The van der Waals surface area contributed by atoms with E-state index in [-0.39, 0.29) is 18.0 Å². The molecule has 0 fully saturated rings. The first-order chi connectivity index (χ1) is 9.54. The van der Waals surface area contributed by atoms with E-state index < -0.39 is 5.38 Å². The lowest BCUT2D eigenvalue weighted by atomic mass is 10.2. The fourth-order valence-electron chi connectivity index (χ4n) is 2.04. The maximum atomic E-state index is 12.5. The van der Waals surface area contributed by atoms with Gasteiger partial charge in [-0.3, -0.25) is 14.2 Å². The molecule has 2 rings (SSSR count). The summed E-state index contributed by atoms with van der Waals surface area (Å²) in [5.74, 6) is 0.173. The number of carbonyl (C=O) groups is 1. The third kappa shape index (κ3) is 2.82. The van der Waals surface area contributed by atoms with E-state index in [1.165, 1.54) is 4.57 Å². The van der Waals surface area contributed by atoms with Crippen molar-refractivity contribution in [3.05, 3.63) is 40.4 Å². The number of benzene rings is 1. The molecule has 2 aromatic rings. The summed E-state index contributed by atoms with van der Waals surface area (Å²) < 4.78 is 1.34. The molecule has 1 heterocycles. The van der Waals surface area contributed by atoms with Crippen molar-refractivity contribution in [1.82, 2.24) is 14.9 Å². The molecule has 0 radical (unpaired) electrons. The quantitative estimate of drug-likeness (QED) is 0.875. The number of carbonyl (C=O) groups excluding carboxylic acids is 1. The van der Waals surface area contributed by atoms with Gasteiger partial charge in [-0.15, -0.1) is 11.6 Å². The van der Waals surface area contributed by atoms with E-state index in [1.807, 2.05) is 13.0 Å². The smallest absolute Gasteiger partial charge is 0.261 e. The van der Waals surface area contributed by atoms with Crippen molar-refractivity contribution >= 4 is 28.4 Å². The molecule has 0 saturated heterocycles. The topological polar surface area (TPSA) is 64.0 Å². The second-order valence-electron chi connectivity index (χ2n) is 4.45. The van der Waals surface area contributed by atoms with Gasteiger partial charge in [0, 0.05) is 6.54 Å². The number of halogens is 1. The lowest BCUT2D eigenvalue weighted by Crippen LogP contribution is -2.34. The molecular weight excluding hydrogens is 278 g/mol. The molecule has 106 valence electrons. The van der Waals surface area contributed by atoms with Crippen LogP contribution in [0.15, 0.2) is 29.1 Å². The van der Waals surface area contributed by atoms with E-state index in [9.17, 15) is 9.59 Å². The summed E-state index contributed by atoms with van der Waals surface area (Å²) in [6.07, 6.45) is 0. The summed E-state index contributed by atoms with van der Waals surface area (Å²) in [7, 11) is 0. The van der Waals surface area contributed by atoms with Crippen LogP contribution in [0.4, 0.5) is 0 Å². The number of nitrogens with zero attached hydrogens (tertiary/aromatic N) is 2. The fraction of sp³-hybridized carbons (Fsp3) is 0.357. The molecule has 1 amide bonds. The van der Waals surface area contributed by atoms with E-state index in [1.54, 1.807) is 25.1 Å². The minimum atomic E-state index is -0.457. The predicted octanol–water partition coefficient (Wildman–Crippen LogP) is 1.83. The summed E-state index contributed by atoms with van der Waals surface area (Å²) in [5, 5.41) is 2.69. The van der Waals surface area contributed by atoms with Gasteiger partial charge in [0.25, 0.3) is 5.56 Å². The Morgan fingerprint density at radius 3 is 2.80 bits per heavy atom. The van der Waals surface area contributed by atoms with Crippen LogP contribution in [0.2, 0.25) is 0 Å². The number of likely N-dealkylation sites (N-methyl/N-ethyl adjacent to an activating group) is 1. The number of amides is 1. The zero-order valence-corrected chi connectivity index (χ0v) is 12.1. The average Bonchev–Trinajstić information content (AvgIpc) is 2.42. The van der Waals surface area contributed by atoms with Crippen LogP contribution in [0.3, 0.4) is 0 Å². The SMILES string of the molecule is CCNC(=O)Cn1c(C(C)Cl)nc2ccccc2c1=O. The van der Waals surface area contributed by atoms with Gasteiger partial charge in [-0.05, 0) is 26.0 Å². The highest BCUT2D eigenvalue weighted by atomic mass is 35.5. The van der Waals surface area contributed by atoms with E-state index in [4.69, 9.17) is 11.6 Å². The zero-order valence-electron chi connectivity index (χ0n) is 11.4. The summed E-state index contributed by atoms with van der Waals surface area (Å²) >= 11 is 6.09. The Bertz CT molecular complexity index is 694. The van der Waals surface area contributed by atoms with Crippen LogP contribution in [0, 0.1) is 0 Å². The number of hydrogen-bond acceptors (Lipinski definition) is 3. The lowest BCUT2D eigenvalue weighted by molar-refractivity contribution is -0.121. The first kappa shape index (κ1) is 14.5. The maximum Gasteiger partial charge on any atom is 0.261 e. The monoisotopic (exact) mass is 293 g/mol. The van der Waals surface area contributed by atoms with Crippen molar-refractivity contribution in [1.29, 1.82) is 0 Å². The number of nitrogens with one attached hydrogen (secondary N) is 1. The number of aromatic nitrogens is 2. The fourth-order valence-corrected chi connectivity index (χ4v) is 2.20. The molecule has 1 aromatic heterocycles. The normalized spacial score (nSPS) is 12.3. The molecule has 0 aliphatic carbocycles. The second kappa shape index (κ2) is 6.05. The molecule has 1 unspecified atom stereocenters. The number of alkyl halides is 1. The molecule has 5 nitrogen and oxygen atoms in total. The van der Waals surface area contributed by atoms with Crippen LogP contribution in [-0.4, -0.2) is 22.0 Å². The standard InChI is InChI=1S/C14H16ClN3O2/c1-3-16-12(19)8-18-13(9(2)15)17-11-7-5-4-6-10(11)14(18)20/h4-7,9H,3,8H2,1-2H3,(H,16,19). The number of hydrogen-bond donors (Lipinski definition) is 1. The molecular formula is C14H16ClN3O2. The zero-order chi connectivity index (χ0) is 14.7. The van der Waals surface area contributed by atoms with Gasteiger partial charge >= 0.3 is 0 Å². The molecule has 0 spiro atoms. The summed E-state index contributed by atoms with van der Waals surface area (Å²) in [4.78, 5) is 28.6. The predicted molar refractivity (Wildman–Crippen MR) is 79.0 cm³/mol. The van der Waals surface area contributed by atoms with Gasteiger partial charge in [0.2, 0.25) is 5.91 Å². The van der Waals surface area contributed by atoms with Gasteiger partial charge in [0.1, 0.15) is 12.4 Å². The van der Waals surface area contributed by atoms with E-state index in [0.29, 0.717) is 23.3 Å². The van der Waals surface area contributed by atoms with Crippen LogP contribution < -0.4 is 10.9 Å². The van der Waals surface area contributed by atoms with Crippen LogP contribution >= 0.6 is 11.6 Å². The summed E-state index contributed by atoms with van der Waals surface area (Å²) in [5.41, 5.74) is 0.344. The maximum absolute atomic E-state index is 12.5. The Morgan fingerprint density at radius 2 is 2.15 bits per heavy atom. The summed E-state index contributed by atoms with van der Waals surface area (Å²) in [6, 6.07) is 7.04. The average molecular weight is 294 g/mol. The minimum absolute atomic E-state index is 0.0725. The minimum Gasteiger partial charge on any atom is -0.355 e. The molecule has 1 N–H and O–H groups in total. The molecule has 0 bridgehead atoms. The molecule has 20 heavy (non-hydrogen) atoms. The van der Waals surface area contributed by atoms with Crippen LogP contribution in [0.25, 0.3) is 10.9 Å². The van der Waals surface area contributed by atoms with Gasteiger partial charge in [-0.2, -0.15) is 0 Å². The van der Waals surface area contributed by atoms with Gasteiger partial charge < -0.3 is 5.32 Å². The lowest BCUT2D eigenvalue weighted by Gasteiger charge is -2.14. The van der Waals surface area contributed by atoms with Gasteiger partial charge in [-0.25, -0.2) is 4.98 Å². The Morgan fingerprint density at radius 1 is 1.45 bits per heavy atom. The van der Waals surface area contributed by atoms with Crippen molar-refractivity contribution in [3.63, 3.8) is 0 Å². The van der Waals surface area contributed by atoms with Crippen LogP contribution in [-0.2, 0) is 11.3 Å². The highest BCUT2D eigenvalue weighted by Crippen LogP contribution is 2.18. The van der Waals surface area contributed by atoms with Gasteiger partial charge in [0.05, 0.1) is 16.3 Å². The van der Waals surface area contributed by atoms with Gasteiger partial charge in [-0.1, -0.05) is 12.1 Å². The molecule has 1 atom stereocenters. The Labute approximate surface area is 121 Å².